The molecule has 24 heavy (non-hydrogen) atoms. The van der Waals surface area contributed by atoms with Gasteiger partial charge in [-0.2, -0.15) is 0 Å². The van der Waals surface area contributed by atoms with Gasteiger partial charge in [0.2, 0.25) is 0 Å². The maximum absolute atomic E-state index is 4.94. The number of rotatable bonds is 4. The number of piperidine rings is 1. The quantitative estimate of drug-likeness (QED) is 0.775. The van der Waals surface area contributed by atoms with E-state index in [1.54, 1.807) is 0 Å². The van der Waals surface area contributed by atoms with Crippen LogP contribution in [0.15, 0.2) is 42.7 Å². The summed E-state index contributed by atoms with van der Waals surface area (Å²) < 4.78 is 2.08. The highest BCUT2D eigenvalue weighted by atomic mass is 15.1. The van der Waals surface area contributed by atoms with Gasteiger partial charge in [0, 0.05) is 25.2 Å². The number of hydrogen-bond acceptors (Lipinski definition) is 4. The molecule has 4 rings (SSSR count). The molecule has 0 amide bonds. The Hall–Kier alpha value is -2.40. The molecule has 5 nitrogen and oxygen atoms in total. The molecule has 0 unspecified atom stereocenters. The van der Waals surface area contributed by atoms with Gasteiger partial charge in [-0.1, -0.05) is 30.3 Å². The fourth-order valence-corrected chi connectivity index (χ4v) is 3.38. The molecule has 1 aromatic carbocycles. The van der Waals surface area contributed by atoms with Crippen LogP contribution in [0.1, 0.15) is 30.0 Å². The number of fused-ring (bicyclic) bond motifs is 1. The highest BCUT2D eigenvalue weighted by Gasteiger charge is 2.19. The van der Waals surface area contributed by atoms with Crippen molar-refractivity contribution in [1.29, 1.82) is 0 Å². The number of nitrogens with one attached hydrogen (secondary N) is 2. The fraction of sp³-hybridized carbons (Fsp3) is 0.368. The van der Waals surface area contributed by atoms with Crippen LogP contribution in [0.25, 0.3) is 11.0 Å². The molecule has 3 heterocycles. The molecule has 2 N–H and O–H groups in total. The van der Waals surface area contributed by atoms with Gasteiger partial charge < -0.3 is 15.2 Å². The van der Waals surface area contributed by atoms with Crippen molar-refractivity contribution in [3.05, 3.63) is 54.0 Å². The summed E-state index contributed by atoms with van der Waals surface area (Å²) >= 11 is 0. The van der Waals surface area contributed by atoms with Gasteiger partial charge in [0.25, 0.3) is 0 Å². The molecule has 1 aliphatic heterocycles. The summed E-state index contributed by atoms with van der Waals surface area (Å²) in [5.41, 5.74) is 4.53. The molecule has 2 aromatic heterocycles. The molecule has 0 atom stereocenters. The second-order valence-electron chi connectivity index (χ2n) is 6.48. The van der Waals surface area contributed by atoms with E-state index in [9.17, 15) is 0 Å². The minimum atomic E-state index is 0.530. The van der Waals surface area contributed by atoms with E-state index in [1.165, 1.54) is 11.3 Å². The van der Waals surface area contributed by atoms with Crippen molar-refractivity contribution in [3.63, 3.8) is 0 Å². The Bertz CT molecular complexity index is 818. The first-order chi connectivity index (χ1) is 11.8. The zero-order valence-corrected chi connectivity index (χ0v) is 14.0. The molecule has 0 saturated carbocycles. The molecule has 1 fully saturated rings. The third-order valence-electron chi connectivity index (χ3n) is 4.79. The van der Waals surface area contributed by atoms with Crippen LogP contribution in [0.5, 0.6) is 0 Å². The summed E-state index contributed by atoms with van der Waals surface area (Å²) in [6.45, 7) is 2.90. The number of hydrogen-bond donors (Lipinski definition) is 2. The van der Waals surface area contributed by atoms with Gasteiger partial charge in [-0.05, 0) is 37.6 Å². The van der Waals surface area contributed by atoms with E-state index in [-0.39, 0.29) is 0 Å². The van der Waals surface area contributed by atoms with Crippen molar-refractivity contribution in [2.45, 2.75) is 25.3 Å². The summed E-state index contributed by atoms with van der Waals surface area (Å²) in [4.78, 5) is 9.48. The smallest absolute Gasteiger partial charge is 0.154 e. The molecule has 0 bridgehead atoms. The summed E-state index contributed by atoms with van der Waals surface area (Å²) in [5.74, 6) is 1.42. The zero-order valence-electron chi connectivity index (χ0n) is 14.0. The molecule has 0 aliphatic carbocycles. The SMILES string of the molecule is Cn1cnc2c(NCc3ccccc3)nc(C3CCNCC3)cc21. The number of aryl methyl sites for hydroxylation is 1. The maximum atomic E-state index is 4.94. The van der Waals surface area contributed by atoms with Crippen molar-refractivity contribution < 1.29 is 0 Å². The minimum Gasteiger partial charge on any atom is -0.364 e. The molecule has 3 aromatic rings. The summed E-state index contributed by atoms with van der Waals surface area (Å²) in [7, 11) is 2.04. The summed E-state index contributed by atoms with van der Waals surface area (Å²) in [6, 6.07) is 12.6. The van der Waals surface area contributed by atoms with Crippen LogP contribution in [0.4, 0.5) is 5.82 Å². The van der Waals surface area contributed by atoms with Gasteiger partial charge in [0.1, 0.15) is 5.52 Å². The van der Waals surface area contributed by atoms with E-state index in [2.05, 4.69) is 50.5 Å². The predicted octanol–water partition coefficient (Wildman–Crippen LogP) is 3.05. The van der Waals surface area contributed by atoms with Crippen LogP contribution in [0.3, 0.4) is 0 Å². The van der Waals surface area contributed by atoms with Crippen molar-refractivity contribution in [3.8, 4) is 0 Å². The Balaban J connectivity index is 1.67. The predicted molar refractivity (Wildman–Crippen MR) is 97.1 cm³/mol. The van der Waals surface area contributed by atoms with Crippen molar-refractivity contribution >= 4 is 16.9 Å². The highest BCUT2D eigenvalue weighted by molar-refractivity contribution is 5.86. The molecular formula is C19H23N5. The van der Waals surface area contributed by atoms with E-state index in [1.807, 2.05) is 19.4 Å². The van der Waals surface area contributed by atoms with E-state index in [0.717, 1.165) is 49.3 Å². The number of imidazole rings is 1. The van der Waals surface area contributed by atoms with Crippen LogP contribution in [0.2, 0.25) is 0 Å². The number of nitrogens with zero attached hydrogens (tertiary/aromatic N) is 3. The Morgan fingerprint density at radius 3 is 2.79 bits per heavy atom. The first-order valence-electron chi connectivity index (χ1n) is 8.62. The number of benzene rings is 1. The Labute approximate surface area is 142 Å². The monoisotopic (exact) mass is 321 g/mol. The molecule has 124 valence electrons. The van der Waals surface area contributed by atoms with E-state index < -0.39 is 0 Å². The Morgan fingerprint density at radius 1 is 1.21 bits per heavy atom. The van der Waals surface area contributed by atoms with Crippen molar-refractivity contribution in [2.24, 2.45) is 7.05 Å². The maximum Gasteiger partial charge on any atom is 0.154 e. The number of aromatic nitrogens is 3. The van der Waals surface area contributed by atoms with Crippen LogP contribution in [-0.2, 0) is 13.6 Å². The van der Waals surface area contributed by atoms with Crippen molar-refractivity contribution in [1.82, 2.24) is 19.9 Å². The lowest BCUT2D eigenvalue weighted by Gasteiger charge is -2.23. The average Bonchev–Trinajstić information content (AvgIpc) is 3.02. The molecule has 0 spiro atoms. The average molecular weight is 321 g/mol. The van der Waals surface area contributed by atoms with Crippen LogP contribution in [-0.4, -0.2) is 27.6 Å². The minimum absolute atomic E-state index is 0.530. The van der Waals surface area contributed by atoms with E-state index in [4.69, 9.17) is 4.98 Å². The number of pyridine rings is 1. The third kappa shape index (κ3) is 2.99. The standard InChI is InChI=1S/C19H23N5/c1-24-13-22-18-17(24)11-16(15-7-9-20-10-8-15)23-19(18)21-12-14-5-3-2-4-6-14/h2-6,11,13,15,20H,7-10,12H2,1H3,(H,21,23). The lowest BCUT2D eigenvalue weighted by atomic mass is 9.94. The van der Waals surface area contributed by atoms with Gasteiger partial charge in [0.15, 0.2) is 5.82 Å². The summed E-state index contributed by atoms with van der Waals surface area (Å²) in [6.07, 6.45) is 4.16. The van der Waals surface area contributed by atoms with Crippen LogP contribution in [0, 0.1) is 0 Å². The number of anilines is 1. The highest BCUT2D eigenvalue weighted by Crippen LogP contribution is 2.29. The largest absolute Gasteiger partial charge is 0.364 e. The summed E-state index contributed by atoms with van der Waals surface area (Å²) in [5, 5.41) is 6.92. The fourth-order valence-electron chi connectivity index (χ4n) is 3.38. The Morgan fingerprint density at radius 2 is 2.00 bits per heavy atom. The Kier molecular flexibility index (Phi) is 4.17. The lowest BCUT2D eigenvalue weighted by molar-refractivity contribution is 0.454. The molecule has 1 aliphatic rings. The second kappa shape index (κ2) is 6.61. The van der Waals surface area contributed by atoms with Crippen molar-refractivity contribution in [2.75, 3.05) is 18.4 Å². The van der Waals surface area contributed by atoms with Gasteiger partial charge in [-0.3, -0.25) is 0 Å². The van der Waals surface area contributed by atoms with Crippen LogP contribution < -0.4 is 10.6 Å². The third-order valence-corrected chi connectivity index (χ3v) is 4.79. The van der Waals surface area contributed by atoms with Gasteiger partial charge in [-0.15, -0.1) is 0 Å². The molecule has 1 saturated heterocycles. The van der Waals surface area contributed by atoms with E-state index >= 15 is 0 Å². The first kappa shape index (κ1) is 15.1. The molecular weight excluding hydrogens is 298 g/mol. The van der Waals surface area contributed by atoms with E-state index in [0.29, 0.717) is 5.92 Å². The van der Waals surface area contributed by atoms with Gasteiger partial charge >= 0.3 is 0 Å². The zero-order chi connectivity index (χ0) is 16.4. The van der Waals surface area contributed by atoms with Gasteiger partial charge in [-0.25, -0.2) is 9.97 Å². The first-order valence-corrected chi connectivity index (χ1v) is 8.62. The normalized spacial score (nSPS) is 15.7. The molecule has 0 radical (unpaired) electrons. The van der Waals surface area contributed by atoms with Gasteiger partial charge in [0.05, 0.1) is 11.8 Å². The second-order valence-corrected chi connectivity index (χ2v) is 6.48. The lowest BCUT2D eigenvalue weighted by Crippen LogP contribution is -2.27. The van der Waals surface area contributed by atoms with Crippen LogP contribution >= 0.6 is 0 Å². The molecule has 5 heteroatoms. The topological polar surface area (TPSA) is 54.8 Å².